The molecule has 3 N–H and O–H groups in total. The van der Waals surface area contributed by atoms with Crippen LogP contribution < -0.4 is 15.8 Å². The Labute approximate surface area is 93.6 Å². The Morgan fingerprint density at radius 1 is 1.62 bits per heavy atom. The Balaban J connectivity index is 2.66. The van der Waals surface area contributed by atoms with Gasteiger partial charge in [0, 0.05) is 6.07 Å². The van der Waals surface area contributed by atoms with Gasteiger partial charge in [0.15, 0.2) is 0 Å². The fourth-order valence-corrected chi connectivity index (χ4v) is 1.21. The van der Waals surface area contributed by atoms with Crippen LogP contribution in [0, 0.1) is 12.7 Å². The molecule has 1 unspecified atom stereocenters. The number of ether oxygens (including phenoxy) is 1. The van der Waals surface area contributed by atoms with E-state index in [2.05, 4.69) is 5.32 Å². The standard InChI is InChI=1S/C11H15FN2O2/c1-7-3-4-8(12)5-10(7)16-6-9(14-2)11(13)15/h3-5,9,14H,6H2,1-2H3,(H2,13,15). The molecule has 0 bridgehead atoms. The Bertz CT molecular complexity index is 382. The summed E-state index contributed by atoms with van der Waals surface area (Å²) in [5, 5.41) is 2.71. The topological polar surface area (TPSA) is 64.3 Å². The summed E-state index contributed by atoms with van der Waals surface area (Å²) >= 11 is 0. The van der Waals surface area contributed by atoms with Gasteiger partial charge in [-0.25, -0.2) is 4.39 Å². The fraction of sp³-hybridized carbons (Fsp3) is 0.364. The van der Waals surface area contributed by atoms with Gasteiger partial charge in [-0.05, 0) is 25.6 Å². The van der Waals surface area contributed by atoms with Gasteiger partial charge < -0.3 is 15.8 Å². The first-order valence-corrected chi connectivity index (χ1v) is 4.90. The van der Waals surface area contributed by atoms with Crippen molar-refractivity contribution in [2.75, 3.05) is 13.7 Å². The quantitative estimate of drug-likeness (QED) is 0.772. The van der Waals surface area contributed by atoms with E-state index >= 15 is 0 Å². The number of hydrogen-bond acceptors (Lipinski definition) is 3. The lowest BCUT2D eigenvalue weighted by Crippen LogP contribution is -2.43. The van der Waals surface area contributed by atoms with Crippen LogP contribution in [0.2, 0.25) is 0 Å². The minimum Gasteiger partial charge on any atom is -0.491 e. The minimum absolute atomic E-state index is 0.0795. The van der Waals surface area contributed by atoms with E-state index in [1.807, 2.05) is 0 Å². The zero-order valence-electron chi connectivity index (χ0n) is 9.29. The number of hydrogen-bond donors (Lipinski definition) is 2. The van der Waals surface area contributed by atoms with Crippen LogP contribution >= 0.6 is 0 Å². The first kappa shape index (κ1) is 12.4. The second-order valence-corrected chi connectivity index (χ2v) is 3.46. The molecule has 0 saturated carbocycles. The van der Waals surface area contributed by atoms with Crippen molar-refractivity contribution in [3.8, 4) is 5.75 Å². The number of benzene rings is 1. The molecule has 0 fully saturated rings. The van der Waals surface area contributed by atoms with Crippen LogP contribution in [0.3, 0.4) is 0 Å². The third kappa shape index (κ3) is 3.20. The summed E-state index contributed by atoms with van der Waals surface area (Å²) in [6.07, 6.45) is 0. The maximum Gasteiger partial charge on any atom is 0.238 e. The summed E-state index contributed by atoms with van der Waals surface area (Å²) in [6, 6.07) is 3.67. The number of amides is 1. The molecule has 0 aliphatic carbocycles. The number of carbonyl (C=O) groups is 1. The third-order valence-corrected chi connectivity index (χ3v) is 2.25. The van der Waals surface area contributed by atoms with Crippen molar-refractivity contribution < 1.29 is 13.9 Å². The predicted molar refractivity (Wildman–Crippen MR) is 58.7 cm³/mol. The molecular formula is C11H15FN2O2. The number of nitrogens with one attached hydrogen (secondary N) is 1. The van der Waals surface area contributed by atoms with E-state index in [0.717, 1.165) is 5.56 Å². The van der Waals surface area contributed by atoms with Crippen molar-refractivity contribution in [2.45, 2.75) is 13.0 Å². The molecule has 0 radical (unpaired) electrons. The lowest BCUT2D eigenvalue weighted by Gasteiger charge is -2.14. The van der Waals surface area contributed by atoms with Crippen LogP contribution in [0.1, 0.15) is 5.56 Å². The first-order chi connectivity index (χ1) is 7.54. The number of nitrogens with two attached hydrogens (primary N) is 1. The van der Waals surface area contributed by atoms with E-state index < -0.39 is 11.9 Å². The molecule has 0 heterocycles. The molecule has 0 saturated heterocycles. The van der Waals surface area contributed by atoms with Crippen LogP contribution in [0.25, 0.3) is 0 Å². The van der Waals surface area contributed by atoms with Crippen LogP contribution in [-0.2, 0) is 4.79 Å². The van der Waals surface area contributed by atoms with Crippen molar-refractivity contribution in [1.82, 2.24) is 5.32 Å². The Kier molecular flexibility index (Phi) is 4.25. The van der Waals surface area contributed by atoms with E-state index in [0.29, 0.717) is 5.75 Å². The Morgan fingerprint density at radius 2 is 2.31 bits per heavy atom. The number of primary amides is 1. The lowest BCUT2D eigenvalue weighted by atomic mass is 10.2. The predicted octanol–water partition coefficient (Wildman–Crippen LogP) is 0.586. The van der Waals surface area contributed by atoms with E-state index in [1.165, 1.54) is 12.1 Å². The van der Waals surface area contributed by atoms with Crippen molar-refractivity contribution in [3.05, 3.63) is 29.6 Å². The van der Waals surface area contributed by atoms with Gasteiger partial charge in [-0.2, -0.15) is 0 Å². The smallest absolute Gasteiger partial charge is 0.238 e. The molecule has 4 nitrogen and oxygen atoms in total. The number of aryl methyl sites for hydroxylation is 1. The van der Waals surface area contributed by atoms with E-state index in [-0.39, 0.29) is 12.4 Å². The molecule has 1 atom stereocenters. The van der Waals surface area contributed by atoms with Crippen LogP contribution in [0.5, 0.6) is 5.75 Å². The summed E-state index contributed by atoms with van der Waals surface area (Å²) in [4.78, 5) is 10.9. The van der Waals surface area contributed by atoms with Crippen LogP contribution in [0.4, 0.5) is 4.39 Å². The number of carbonyl (C=O) groups excluding carboxylic acids is 1. The van der Waals surface area contributed by atoms with Gasteiger partial charge in [0.05, 0.1) is 0 Å². The minimum atomic E-state index is -0.581. The second-order valence-electron chi connectivity index (χ2n) is 3.46. The maximum absolute atomic E-state index is 12.9. The summed E-state index contributed by atoms with van der Waals surface area (Å²) in [6.45, 7) is 1.88. The highest BCUT2D eigenvalue weighted by atomic mass is 19.1. The van der Waals surface area contributed by atoms with Gasteiger partial charge in [-0.1, -0.05) is 6.07 Å². The summed E-state index contributed by atoms with van der Waals surface area (Å²) < 4.78 is 18.3. The maximum atomic E-state index is 12.9. The molecule has 16 heavy (non-hydrogen) atoms. The Hall–Kier alpha value is -1.62. The van der Waals surface area contributed by atoms with Crippen molar-refractivity contribution in [3.63, 3.8) is 0 Å². The van der Waals surface area contributed by atoms with E-state index in [1.54, 1.807) is 20.0 Å². The third-order valence-electron chi connectivity index (χ3n) is 2.25. The van der Waals surface area contributed by atoms with Gasteiger partial charge >= 0.3 is 0 Å². The molecule has 1 rings (SSSR count). The van der Waals surface area contributed by atoms with Crippen LogP contribution in [0.15, 0.2) is 18.2 Å². The molecule has 0 aromatic heterocycles. The highest BCUT2D eigenvalue weighted by molar-refractivity contribution is 5.79. The average molecular weight is 226 g/mol. The molecular weight excluding hydrogens is 211 g/mol. The normalized spacial score (nSPS) is 12.2. The fourth-order valence-electron chi connectivity index (χ4n) is 1.21. The van der Waals surface area contributed by atoms with Gasteiger partial charge in [0.25, 0.3) is 0 Å². The lowest BCUT2D eigenvalue weighted by molar-refractivity contribution is -0.120. The molecule has 1 aromatic carbocycles. The molecule has 1 amide bonds. The molecule has 88 valence electrons. The first-order valence-electron chi connectivity index (χ1n) is 4.90. The van der Waals surface area contributed by atoms with E-state index in [9.17, 15) is 9.18 Å². The number of halogens is 1. The summed E-state index contributed by atoms with van der Waals surface area (Å²) in [7, 11) is 1.61. The highest BCUT2D eigenvalue weighted by Gasteiger charge is 2.13. The number of rotatable bonds is 5. The SMILES string of the molecule is CNC(COc1cc(F)ccc1C)C(N)=O. The Morgan fingerprint density at radius 3 is 2.88 bits per heavy atom. The van der Waals surface area contributed by atoms with Crippen molar-refractivity contribution >= 4 is 5.91 Å². The van der Waals surface area contributed by atoms with Gasteiger partial charge in [0.1, 0.15) is 24.2 Å². The molecule has 0 aliphatic heterocycles. The van der Waals surface area contributed by atoms with E-state index in [4.69, 9.17) is 10.5 Å². The molecule has 5 heteroatoms. The van der Waals surface area contributed by atoms with Crippen molar-refractivity contribution in [2.24, 2.45) is 5.73 Å². The zero-order valence-corrected chi connectivity index (χ0v) is 9.29. The average Bonchev–Trinajstić information content (AvgIpc) is 2.23. The monoisotopic (exact) mass is 226 g/mol. The largest absolute Gasteiger partial charge is 0.491 e. The zero-order chi connectivity index (χ0) is 12.1. The van der Waals surface area contributed by atoms with Crippen LogP contribution in [-0.4, -0.2) is 25.6 Å². The van der Waals surface area contributed by atoms with Gasteiger partial charge in [-0.3, -0.25) is 4.79 Å². The van der Waals surface area contributed by atoms with Crippen molar-refractivity contribution in [1.29, 1.82) is 0 Å². The molecule has 0 spiro atoms. The van der Waals surface area contributed by atoms with Gasteiger partial charge in [-0.15, -0.1) is 0 Å². The summed E-state index contributed by atoms with van der Waals surface area (Å²) in [5.41, 5.74) is 5.93. The summed E-state index contributed by atoms with van der Waals surface area (Å²) in [5.74, 6) is -0.460. The second kappa shape index (κ2) is 5.46. The number of likely N-dealkylation sites (N-methyl/N-ethyl adjacent to an activating group) is 1. The molecule has 0 aliphatic rings. The molecule has 1 aromatic rings. The van der Waals surface area contributed by atoms with Gasteiger partial charge in [0.2, 0.25) is 5.91 Å². The highest BCUT2D eigenvalue weighted by Crippen LogP contribution is 2.18.